The van der Waals surface area contributed by atoms with Crippen molar-refractivity contribution >= 4 is 0 Å². The van der Waals surface area contributed by atoms with E-state index in [2.05, 4.69) is 43.9 Å². The summed E-state index contributed by atoms with van der Waals surface area (Å²) in [6, 6.07) is 6.77. The molecule has 112 valence electrons. The van der Waals surface area contributed by atoms with Gasteiger partial charge in [0.2, 0.25) is 0 Å². The van der Waals surface area contributed by atoms with Gasteiger partial charge in [0.15, 0.2) is 0 Å². The van der Waals surface area contributed by atoms with E-state index in [4.69, 9.17) is 5.73 Å². The highest BCUT2D eigenvalue weighted by atomic mass is 15.1. The maximum absolute atomic E-state index is 6.43. The number of benzene rings is 1. The van der Waals surface area contributed by atoms with Crippen LogP contribution in [-0.2, 0) is 0 Å². The third kappa shape index (κ3) is 4.07. The van der Waals surface area contributed by atoms with Gasteiger partial charge in [-0.15, -0.1) is 0 Å². The van der Waals surface area contributed by atoms with Gasteiger partial charge in [0.1, 0.15) is 0 Å². The van der Waals surface area contributed by atoms with E-state index in [9.17, 15) is 0 Å². The van der Waals surface area contributed by atoms with Gasteiger partial charge in [0.25, 0.3) is 0 Å². The van der Waals surface area contributed by atoms with Crippen LogP contribution in [0.4, 0.5) is 0 Å². The summed E-state index contributed by atoms with van der Waals surface area (Å²) in [5.74, 6) is 0.952. The second-order valence-electron chi connectivity index (χ2n) is 6.50. The monoisotopic (exact) mass is 274 g/mol. The predicted octanol–water partition coefficient (Wildman–Crippen LogP) is 3.82. The van der Waals surface area contributed by atoms with Crippen LogP contribution in [0.3, 0.4) is 0 Å². The molecule has 2 N–H and O–H groups in total. The highest BCUT2D eigenvalue weighted by Crippen LogP contribution is 2.24. The second kappa shape index (κ2) is 7.24. The van der Waals surface area contributed by atoms with Crippen LogP contribution < -0.4 is 5.73 Å². The Morgan fingerprint density at radius 2 is 1.95 bits per heavy atom. The van der Waals surface area contributed by atoms with Gasteiger partial charge in [-0.1, -0.05) is 43.5 Å². The van der Waals surface area contributed by atoms with E-state index >= 15 is 0 Å². The van der Waals surface area contributed by atoms with Gasteiger partial charge in [0.05, 0.1) is 0 Å². The van der Waals surface area contributed by atoms with Gasteiger partial charge in [-0.25, -0.2) is 0 Å². The normalized spacial score (nSPS) is 19.2. The summed E-state index contributed by atoms with van der Waals surface area (Å²) >= 11 is 0. The largest absolute Gasteiger partial charge is 0.323 e. The number of likely N-dealkylation sites (tertiary alicyclic amines) is 1. The second-order valence-corrected chi connectivity index (χ2v) is 6.50. The van der Waals surface area contributed by atoms with Crippen molar-refractivity contribution in [1.29, 1.82) is 0 Å². The number of nitrogens with two attached hydrogens (primary N) is 1. The Kier molecular flexibility index (Phi) is 5.62. The molecule has 0 spiro atoms. The van der Waals surface area contributed by atoms with Crippen molar-refractivity contribution < 1.29 is 0 Å². The van der Waals surface area contributed by atoms with Gasteiger partial charge in [0, 0.05) is 12.6 Å². The highest BCUT2D eigenvalue weighted by molar-refractivity contribution is 5.32. The molecule has 2 nitrogen and oxygen atoms in total. The highest BCUT2D eigenvalue weighted by Gasteiger charge is 2.20. The number of piperidine rings is 1. The Morgan fingerprint density at radius 1 is 1.25 bits per heavy atom. The molecule has 1 aliphatic heterocycles. The average Bonchev–Trinajstić information content (AvgIpc) is 2.41. The van der Waals surface area contributed by atoms with Crippen LogP contribution in [0.1, 0.15) is 55.3 Å². The van der Waals surface area contributed by atoms with Gasteiger partial charge < -0.3 is 10.6 Å². The van der Waals surface area contributed by atoms with Crippen LogP contribution >= 0.6 is 0 Å². The van der Waals surface area contributed by atoms with Crippen molar-refractivity contribution in [3.63, 3.8) is 0 Å². The van der Waals surface area contributed by atoms with E-state index in [1.54, 1.807) is 0 Å². The minimum absolute atomic E-state index is 0.151. The Bertz CT molecular complexity index is 419. The third-order valence-corrected chi connectivity index (χ3v) is 4.68. The maximum Gasteiger partial charge on any atom is 0.0426 e. The van der Waals surface area contributed by atoms with E-state index in [1.165, 1.54) is 55.5 Å². The lowest BCUT2D eigenvalue weighted by molar-refractivity contribution is 0.170. The molecule has 1 fully saturated rings. The Morgan fingerprint density at radius 3 is 2.55 bits per heavy atom. The van der Waals surface area contributed by atoms with Crippen LogP contribution in [-0.4, -0.2) is 24.5 Å². The summed E-state index contributed by atoms with van der Waals surface area (Å²) in [5.41, 5.74) is 10.4. The van der Waals surface area contributed by atoms with Crippen LogP contribution in [0, 0.1) is 19.8 Å². The fourth-order valence-corrected chi connectivity index (χ4v) is 3.48. The fraction of sp³-hybridized carbons (Fsp3) is 0.667. The number of nitrogens with zero attached hydrogens (tertiary/aromatic N) is 1. The first-order valence-electron chi connectivity index (χ1n) is 8.15. The molecule has 2 heteroatoms. The van der Waals surface area contributed by atoms with Crippen LogP contribution in [0.15, 0.2) is 18.2 Å². The Labute approximate surface area is 124 Å². The van der Waals surface area contributed by atoms with Crippen molar-refractivity contribution in [2.75, 3.05) is 19.6 Å². The number of rotatable bonds is 5. The fourth-order valence-electron chi connectivity index (χ4n) is 3.48. The molecule has 1 aromatic carbocycles. The molecular formula is C18H30N2. The van der Waals surface area contributed by atoms with Gasteiger partial charge >= 0.3 is 0 Å². The molecule has 0 bridgehead atoms. The van der Waals surface area contributed by atoms with Crippen molar-refractivity contribution in [2.45, 2.75) is 52.5 Å². The summed E-state index contributed by atoms with van der Waals surface area (Å²) in [6.07, 6.45) is 5.44. The van der Waals surface area contributed by atoms with Crippen LogP contribution in [0.25, 0.3) is 0 Å². The molecule has 1 unspecified atom stereocenters. The predicted molar refractivity (Wildman–Crippen MR) is 86.9 cm³/mol. The lowest BCUT2D eigenvalue weighted by atomic mass is 9.92. The first kappa shape index (κ1) is 15.5. The summed E-state index contributed by atoms with van der Waals surface area (Å²) < 4.78 is 0. The molecule has 20 heavy (non-hydrogen) atoms. The van der Waals surface area contributed by atoms with Gasteiger partial charge in [-0.3, -0.25) is 0 Å². The molecule has 1 aliphatic rings. The lowest BCUT2D eigenvalue weighted by Crippen LogP contribution is -2.38. The van der Waals surface area contributed by atoms with Crippen molar-refractivity contribution in [3.8, 4) is 0 Å². The number of hydrogen-bond donors (Lipinski definition) is 1. The zero-order valence-corrected chi connectivity index (χ0v) is 13.4. The van der Waals surface area contributed by atoms with Crippen LogP contribution in [0.5, 0.6) is 0 Å². The first-order valence-corrected chi connectivity index (χ1v) is 8.15. The molecule has 1 aromatic rings. The SMILES string of the molecule is CCCC1CCN(CC(N)c2ccc(C)cc2C)CC1. The summed E-state index contributed by atoms with van der Waals surface area (Å²) in [6.45, 7) is 10.1. The van der Waals surface area contributed by atoms with Gasteiger partial charge in [-0.05, 0) is 56.8 Å². The van der Waals surface area contributed by atoms with E-state index in [0.717, 1.165) is 12.5 Å². The maximum atomic E-state index is 6.43. The first-order chi connectivity index (χ1) is 9.60. The van der Waals surface area contributed by atoms with E-state index < -0.39 is 0 Å². The minimum atomic E-state index is 0.151. The van der Waals surface area contributed by atoms with Crippen molar-refractivity contribution in [2.24, 2.45) is 11.7 Å². The van der Waals surface area contributed by atoms with Crippen LogP contribution in [0.2, 0.25) is 0 Å². The van der Waals surface area contributed by atoms with E-state index in [0.29, 0.717) is 0 Å². The van der Waals surface area contributed by atoms with Crippen molar-refractivity contribution in [3.05, 3.63) is 34.9 Å². The Hall–Kier alpha value is -0.860. The van der Waals surface area contributed by atoms with E-state index in [-0.39, 0.29) is 6.04 Å². The smallest absolute Gasteiger partial charge is 0.0426 e. The van der Waals surface area contributed by atoms with Gasteiger partial charge in [-0.2, -0.15) is 0 Å². The molecule has 0 radical (unpaired) electrons. The molecule has 0 saturated carbocycles. The molecule has 0 amide bonds. The average molecular weight is 274 g/mol. The quantitative estimate of drug-likeness (QED) is 0.884. The van der Waals surface area contributed by atoms with E-state index in [1.807, 2.05) is 0 Å². The molecule has 0 aromatic heterocycles. The topological polar surface area (TPSA) is 29.3 Å². The van der Waals surface area contributed by atoms with Crippen molar-refractivity contribution in [1.82, 2.24) is 4.90 Å². The standard InChI is InChI=1S/C18H30N2/c1-4-5-16-8-10-20(11-9-16)13-18(19)17-7-6-14(2)12-15(17)3/h6-7,12,16,18H,4-5,8-11,13,19H2,1-3H3. The zero-order chi connectivity index (χ0) is 14.5. The molecule has 1 heterocycles. The summed E-state index contributed by atoms with van der Waals surface area (Å²) in [4.78, 5) is 2.55. The molecule has 0 aliphatic carbocycles. The lowest BCUT2D eigenvalue weighted by Gasteiger charge is -2.33. The zero-order valence-electron chi connectivity index (χ0n) is 13.4. The summed E-state index contributed by atoms with van der Waals surface area (Å²) in [7, 11) is 0. The summed E-state index contributed by atoms with van der Waals surface area (Å²) in [5, 5.41) is 0. The minimum Gasteiger partial charge on any atom is -0.323 e. The third-order valence-electron chi connectivity index (χ3n) is 4.68. The number of hydrogen-bond acceptors (Lipinski definition) is 2. The Balaban J connectivity index is 1.87. The molecule has 1 saturated heterocycles. The molecule has 1 atom stereocenters. The number of aryl methyl sites for hydroxylation is 2. The molecule has 2 rings (SSSR count). The molecular weight excluding hydrogens is 244 g/mol.